The summed E-state index contributed by atoms with van der Waals surface area (Å²) in [5.74, 6) is -1.45. The lowest BCUT2D eigenvalue weighted by atomic mass is 10.3. The number of carbonyl (C=O) groups excluding carboxylic acids is 3. The van der Waals surface area contributed by atoms with Crippen LogP contribution < -0.4 is 10.0 Å². The summed E-state index contributed by atoms with van der Waals surface area (Å²) in [5.41, 5.74) is 0.0240. The first kappa shape index (κ1) is 18.5. The van der Waals surface area contributed by atoms with E-state index in [1.807, 2.05) is 30.3 Å². The number of pyridine rings is 1. The highest BCUT2D eigenvalue weighted by Crippen LogP contribution is 2.17. The summed E-state index contributed by atoms with van der Waals surface area (Å²) in [6, 6.07) is 12.4. The van der Waals surface area contributed by atoms with E-state index in [1.54, 1.807) is 0 Å². The number of esters is 1. The van der Waals surface area contributed by atoms with E-state index in [1.165, 1.54) is 30.1 Å². The van der Waals surface area contributed by atoms with E-state index in [9.17, 15) is 19.6 Å². The van der Waals surface area contributed by atoms with Crippen molar-refractivity contribution in [2.45, 2.75) is 11.3 Å². The molecule has 0 saturated heterocycles. The normalized spacial score (nSPS) is 10.1. The molecular formula is C17H16N2O5S. The molecule has 0 bridgehead atoms. The van der Waals surface area contributed by atoms with Gasteiger partial charge in [-0.05, 0) is 18.2 Å². The zero-order chi connectivity index (χ0) is 18.1. The van der Waals surface area contributed by atoms with Crippen LogP contribution in [0.1, 0.15) is 16.8 Å². The summed E-state index contributed by atoms with van der Waals surface area (Å²) >= 11 is 1.50. The number of aromatic nitrogens is 1. The molecule has 1 aromatic carbocycles. The van der Waals surface area contributed by atoms with Crippen molar-refractivity contribution in [3.8, 4) is 0 Å². The number of nitrogens with one attached hydrogen (secondary N) is 1. The number of ether oxygens (including phenoxy) is 1. The lowest BCUT2D eigenvalue weighted by molar-refractivity contribution is -0.605. The Morgan fingerprint density at radius 1 is 1.08 bits per heavy atom. The molecule has 7 nitrogen and oxygen atoms in total. The number of thioether (sulfide) groups is 1. The van der Waals surface area contributed by atoms with Gasteiger partial charge in [0.15, 0.2) is 19.0 Å². The SMILES string of the molecule is O=C(CCSc1ccccc1)NC(=O)COC(=O)c1ccc[n+]([O-])c1. The van der Waals surface area contributed by atoms with E-state index in [0.29, 0.717) is 10.5 Å². The van der Waals surface area contributed by atoms with Crippen LogP contribution in [0, 0.1) is 5.21 Å². The van der Waals surface area contributed by atoms with Crippen LogP contribution in [-0.2, 0) is 14.3 Å². The molecule has 0 fully saturated rings. The van der Waals surface area contributed by atoms with Crippen LogP contribution in [0.25, 0.3) is 0 Å². The number of amides is 2. The van der Waals surface area contributed by atoms with Crippen LogP contribution in [0.15, 0.2) is 59.8 Å². The van der Waals surface area contributed by atoms with Crippen molar-refractivity contribution in [2.75, 3.05) is 12.4 Å². The molecule has 0 radical (unpaired) electrons. The molecule has 0 saturated carbocycles. The number of nitrogens with zero attached hydrogens (tertiary/aromatic N) is 1. The highest BCUT2D eigenvalue weighted by atomic mass is 32.2. The first-order valence-electron chi connectivity index (χ1n) is 7.41. The molecule has 0 aliphatic carbocycles. The summed E-state index contributed by atoms with van der Waals surface area (Å²) in [6.45, 7) is -0.593. The van der Waals surface area contributed by atoms with Gasteiger partial charge in [-0.2, -0.15) is 4.73 Å². The third kappa shape index (κ3) is 6.64. The average Bonchev–Trinajstić information content (AvgIpc) is 2.60. The van der Waals surface area contributed by atoms with Crippen molar-refractivity contribution < 1.29 is 23.9 Å². The van der Waals surface area contributed by atoms with E-state index in [-0.39, 0.29) is 12.0 Å². The van der Waals surface area contributed by atoms with Gasteiger partial charge in [-0.15, -0.1) is 11.8 Å². The minimum Gasteiger partial charge on any atom is -0.619 e. The average molecular weight is 360 g/mol. The largest absolute Gasteiger partial charge is 0.619 e. The lowest BCUT2D eigenvalue weighted by Crippen LogP contribution is -2.34. The van der Waals surface area contributed by atoms with E-state index in [4.69, 9.17) is 4.74 Å². The van der Waals surface area contributed by atoms with Crippen molar-refractivity contribution in [3.05, 3.63) is 65.6 Å². The number of carbonyl (C=O) groups is 3. The van der Waals surface area contributed by atoms with Crippen molar-refractivity contribution in [1.82, 2.24) is 5.32 Å². The second-order valence-electron chi connectivity index (χ2n) is 4.91. The van der Waals surface area contributed by atoms with Gasteiger partial charge in [-0.25, -0.2) is 4.79 Å². The molecule has 2 amide bonds. The Bertz CT molecular complexity index is 752. The van der Waals surface area contributed by atoms with Gasteiger partial charge in [0.25, 0.3) is 5.91 Å². The number of hydrogen-bond donors (Lipinski definition) is 1. The van der Waals surface area contributed by atoms with Crippen LogP contribution in [-0.4, -0.2) is 30.1 Å². The van der Waals surface area contributed by atoms with Gasteiger partial charge >= 0.3 is 5.97 Å². The molecule has 0 aliphatic heterocycles. The van der Waals surface area contributed by atoms with Gasteiger partial charge in [0, 0.05) is 23.1 Å². The maximum absolute atomic E-state index is 11.7. The molecule has 1 aromatic heterocycles. The fourth-order valence-electron chi connectivity index (χ4n) is 1.82. The molecule has 1 heterocycles. The number of hydrogen-bond acceptors (Lipinski definition) is 6. The highest BCUT2D eigenvalue weighted by Gasteiger charge is 2.14. The molecule has 0 spiro atoms. The topological polar surface area (TPSA) is 99.4 Å². The summed E-state index contributed by atoms with van der Waals surface area (Å²) in [5, 5.41) is 13.2. The monoisotopic (exact) mass is 360 g/mol. The lowest BCUT2D eigenvalue weighted by Gasteiger charge is -2.06. The van der Waals surface area contributed by atoms with Gasteiger partial charge in [0.05, 0.1) is 0 Å². The fraction of sp³-hybridized carbons (Fsp3) is 0.176. The first-order chi connectivity index (χ1) is 12.0. The molecule has 25 heavy (non-hydrogen) atoms. The number of benzene rings is 1. The maximum atomic E-state index is 11.7. The Labute approximate surface area is 148 Å². The third-order valence-electron chi connectivity index (χ3n) is 2.97. The zero-order valence-electron chi connectivity index (χ0n) is 13.2. The summed E-state index contributed by atoms with van der Waals surface area (Å²) < 4.78 is 5.21. The Hall–Kier alpha value is -2.87. The molecule has 8 heteroatoms. The molecular weight excluding hydrogens is 344 g/mol. The minimum atomic E-state index is -0.813. The molecule has 2 aromatic rings. The van der Waals surface area contributed by atoms with E-state index in [0.717, 1.165) is 11.1 Å². The van der Waals surface area contributed by atoms with Gasteiger partial charge in [0.1, 0.15) is 5.56 Å². The second-order valence-corrected chi connectivity index (χ2v) is 6.08. The molecule has 0 unspecified atom stereocenters. The van der Waals surface area contributed by atoms with Gasteiger partial charge in [0.2, 0.25) is 5.91 Å². The van der Waals surface area contributed by atoms with Gasteiger partial charge < -0.3 is 9.94 Å². The zero-order valence-corrected chi connectivity index (χ0v) is 14.0. The standard InChI is InChI=1S/C17H16N2O5S/c20-15(8-10-25-14-6-2-1-3-7-14)18-16(21)12-24-17(22)13-5-4-9-19(23)11-13/h1-7,9,11H,8,10,12H2,(H,18,20,21). The Kier molecular flexibility index (Phi) is 6.97. The molecule has 130 valence electrons. The van der Waals surface area contributed by atoms with Crippen molar-refractivity contribution in [3.63, 3.8) is 0 Å². The Morgan fingerprint density at radius 3 is 2.56 bits per heavy atom. The van der Waals surface area contributed by atoms with Crippen LogP contribution >= 0.6 is 11.8 Å². The van der Waals surface area contributed by atoms with Crippen molar-refractivity contribution in [1.29, 1.82) is 0 Å². The molecule has 0 atom stereocenters. The predicted octanol–water partition coefficient (Wildman–Crippen LogP) is 1.30. The fourth-order valence-corrected chi connectivity index (χ4v) is 2.69. The summed E-state index contributed by atoms with van der Waals surface area (Å²) in [6.07, 6.45) is 2.41. The van der Waals surface area contributed by atoms with Crippen molar-refractivity contribution in [2.24, 2.45) is 0 Å². The third-order valence-corrected chi connectivity index (χ3v) is 3.98. The van der Waals surface area contributed by atoms with Crippen LogP contribution in [0.3, 0.4) is 0 Å². The van der Waals surface area contributed by atoms with E-state index < -0.39 is 24.4 Å². The highest BCUT2D eigenvalue weighted by molar-refractivity contribution is 7.99. The molecule has 2 rings (SSSR count). The second kappa shape index (κ2) is 9.43. The van der Waals surface area contributed by atoms with Crippen LogP contribution in [0.2, 0.25) is 0 Å². The summed E-state index contributed by atoms with van der Waals surface area (Å²) in [7, 11) is 0. The molecule has 0 aliphatic rings. The Balaban J connectivity index is 1.67. The smallest absolute Gasteiger partial charge is 0.344 e. The van der Waals surface area contributed by atoms with E-state index >= 15 is 0 Å². The predicted molar refractivity (Wildman–Crippen MR) is 90.6 cm³/mol. The summed E-state index contributed by atoms with van der Waals surface area (Å²) in [4.78, 5) is 36.0. The minimum absolute atomic E-state index is 0.0240. The van der Waals surface area contributed by atoms with Crippen molar-refractivity contribution >= 4 is 29.5 Å². The number of rotatable bonds is 7. The van der Waals surface area contributed by atoms with Crippen LogP contribution in [0.4, 0.5) is 0 Å². The van der Waals surface area contributed by atoms with Gasteiger partial charge in [-0.3, -0.25) is 14.9 Å². The van der Waals surface area contributed by atoms with Gasteiger partial charge in [-0.1, -0.05) is 18.2 Å². The van der Waals surface area contributed by atoms with Crippen LogP contribution in [0.5, 0.6) is 0 Å². The van der Waals surface area contributed by atoms with E-state index in [2.05, 4.69) is 5.32 Å². The number of imide groups is 1. The Morgan fingerprint density at radius 2 is 1.84 bits per heavy atom. The quantitative estimate of drug-likeness (QED) is 0.346. The molecule has 1 N–H and O–H groups in total. The maximum Gasteiger partial charge on any atom is 0.344 e. The first-order valence-corrected chi connectivity index (χ1v) is 8.39.